The number of hydrogen-bond acceptors (Lipinski definition) is 3. The Kier molecular flexibility index (Phi) is 5.62. The Morgan fingerprint density at radius 3 is 2.52 bits per heavy atom. The lowest BCUT2D eigenvalue weighted by atomic mass is 10.0. The molecule has 2 rings (SSSR count). The normalized spacial score (nSPS) is 17.8. The predicted octanol–water partition coefficient (Wildman–Crippen LogP) is 2.10. The van der Waals surface area contributed by atoms with Gasteiger partial charge in [0.15, 0.2) is 0 Å². The van der Waals surface area contributed by atoms with Gasteiger partial charge in [-0.05, 0) is 50.0 Å². The van der Waals surface area contributed by atoms with E-state index in [4.69, 9.17) is 0 Å². The number of rotatable bonds is 6. The Labute approximate surface area is 128 Å². The molecule has 0 aliphatic carbocycles. The van der Waals surface area contributed by atoms with E-state index >= 15 is 0 Å². The van der Waals surface area contributed by atoms with Gasteiger partial charge in [0, 0.05) is 39.3 Å². The van der Waals surface area contributed by atoms with Crippen molar-refractivity contribution < 1.29 is 4.79 Å². The third kappa shape index (κ3) is 4.46. The predicted molar refractivity (Wildman–Crippen MR) is 87.5 cm³/mol. The molecule has 1 atom stereocenters. The molecule has 1 fully saturated rings. The van der Waals surface area contributed by atoms with Gasteiger partial charge in [0.25, 0.3) is 0 Å². The van der Waals surface area contributed by atoms with Crippen LogP contribution >= 0.6 is 0 Å². The van der Waals surface area contributed by atoms with Gasteiger partial charge >= 0.3 is 0 Å². The molecule has 0 saturated carbocycles. The third-order valence-electron chi connectivity index (χ3n) is 4.19. The van der Waals surface area contributed by atoms with Crippen molar-refractivity contribution in [3.05, 3.63) is 29.8 Å². The number of benzene rings is 1. The summed E-state index contributed by atoms with van der Waals surface area (Å²) in [6, 6.07) is 8.44. The number of carbonyl (C=O) groups excluding carboxylic acids is 1. The summed E-state index contributed by atoms with van der Waals surface area (Å²) in [5.74, 6) is 0.797. The van der Waals surface area contributed by atoms with Crippen LogP contribution in [-0.2, 0) is 11.3 Å². The molecule has 1 aromatic carbocycles. The first-order valence-corrected chi connectivity index (χ1v) is 7.85. The van der Waals surface area contributed by atoms with Crippen molar-refractivity contribution in [3.63, 3.8) is 0 Å². The molecule has 21 heavy (non-hydrogen) atoms. The van der Waals surface area contributed by atoms with Crippen LogP contribution in [0.1, 0.15) is 25.3 Å². The fraction of sp³-hybridized carbons (Fsp3) is 0.588. The molecule has 4 heteroatoms. The zero-order valence-electron chi connectivity index (χ0n) is 13.4. The van der Waals surface area contributed by atoms with Crippen LogP contribution in [0, 0.1) is 5.92 Å². The molecule has 0 spiro atoms. The maximum atomic E-state index is 12.4. The zero-order valence-corrected chi connectivity index (χ0v) is 13.4. The molecule has 0 aromatic heterocycles. The van der Waals surface area contributed by atoms with E-state index < -0.39 is 0 Å². The molecular weight excluding hydrogens is 262 g/mol. The smallest absolute Gasteiger partial charge is 0.223 e. The Morgan fingerprint density at radius 2 is 2.00 bits per heavy atom. The van der Waals surface area contributed by atoms with Crippen molar-refractivity contribution in [2.75, 3.05) is 38.6 Å². The third-order valence-corrected chi connectivity index (χ3v) is 4.19. The van der Waals surface area contributed by atoms with Gasteiger partial charge in [-0.25, -0.2) is 0 Å². The van der Waals surface area contributed by atoms with E-state index in [0.29, 0.717) is 18.9 Å². The van der Waals surface area contributed by atoms with Crippen molar-refractivity contribution in [1.82, 2.24) is 10.2 Å². The summed E-state index contributed by atoms with van der Waals surface area (Å²) in [6.45, 7) is 5.58. The van der Waals surface area contributed by atoms with Crippen LogP contribution < -0.4 is 10.2 Å². The molecule has 1 N–H and O–H groups in total. The molecule has 1 aromatic rings. The van der Waals surface area contributed by atoms with Gasteiger partial charge in [-0.3, -0.25) is 4.79 Å². The molecule has 1 amide bonds. The molecule has 4 nitrogen and oxygen atoms in total. The molecular formula is C17H27N3O. The minimum Gasteiger partial charge on any atom is -0.378 e. The second kappa shape index (κ2) is 7.46. The van der Waals surface area contributed by atoms with Crippen LogP contribution in [0.25, 0.3) is 0 Å². The van der Waals surface area contributed by atoms with Gasteiger partial charge in [-0.15, -0.1) is 0 Å². The molecule has 1 saturated heterocycles. The SMILES string of the molecule is CCN(Cc1ccc(N(C)C)cc1)C(=O)CC1CCNC1. The quantitative estimate of drug-likeness (QED) is 0.871. The fourth-order valence-electron chi connectivity index (χ4n) is 2.76. The van der Waals surface area contributed by atoms with Crippen LogP contribution in [0.4, 0.5) is 5.69 Å². The lowest BCUT2D eigenvalue weighted by Crippen LogP contribution is -2.32. The fourth-order valence-corrected chi connectivity index (χ4v) is 2.76. The van der Waals surface area contributed by atoms with Crippen molar-refractivity contribution in [2.45, 2.75) is 26.3 Å². The molecule has 1 unspecified atom stereocenters. The van der Waals surface area contributed by atoms with Crippen molar-refractivity contribution >= 4 is 11.6 Å². The van der Waals surface area contributed by atoms with E-state index in [0.717, 1.165) is 26.1 Å². The summed E-state index contributed by atoms with van der Waals surface area (Å²) < 4.78 is 0. The maximum Gasteiger partial charge on any atom is 0.223 e. The molecule has 0 radical (unpaired) electrons. The first-order valence-electron chi connectivity index (χ1n) is 7.85. The van der Waals surface area contributed by atoms with Crippen LogP contribution in [-0.4, -0.2) is 44.5 Å². The lowest BCUT2D eigenvalue weighted by molar-refractivity contribution is -0.132. The van der Waals surface area contributed by atoms with E-state index in [9.17, 15) is 4.79 Å². The van der Waals surface area contributed by atoms with Gasteiger partial charge < -0.3 is 15.1 Å². The van der Waals surface area contributed by atoms with Crippen molar-refractivity contribution in [3.8, 4) is 0 Å². The van der Waals surface area contributed by atoms with Gasteiger partial charge in [0.2, 0.25) is 5.91 Å². The molecule has 1 aliphatic rings. The van der Waals surface area contributed by atoms with Crippen LogP contribution in [0.2, 0.25) is 0 Å². The number of carbonyl (C=O) groups is 1. The Hall–Kier alpha value is -1.55. The van der Waals surface area contributed by atoms with Gasteiger partial charge in [0.05, 0.1) is 0 Å². The summed E-state index contributed by atoms with van der Waals surface area (Å²) in [6.07, 6.45) is 1.80. The topological polar surface area (TPSA) is 35.6 Å². The van der Waals surface area contributed by atoms with Crippen molar-refractivity contribution in [1.29, 1.82) is 0 Å². The Balaban J connectivity index is 1.92. The number of nitrogens with zero attached hydrogens (tertiary/aromatic N) is 2. The highest BCUT2D eigenvalue weighted by Gasteiger charge is 2.21. The average molecular weight is 289 g/mol. The number of anilines is 1. The summed E-state index contributed by atoms with van der Waals surface area (Å²) in [5.41, 5.74) is 2.38. The molecule has 0 bridgehead atoms. The first kappa shape index (κ1) is 15.8. The largest absolute Gasteiger partial charge is 0.378 e. The van der Waals surface area contributed by atoms with Gasteiger partial charge in [-0.2, -0.15) is 0 Å². The van der Waals surface area contributed by atoms with E-state index in [-0.39, 0.29) is 5.91 Å². The van der Waals surface area contributed by atoms with Crippen LogP contribution in [0.5, 0.6) is 0 Å². The highest BCUT2D eigenvalue weighted by molar-refractivity contribution is 5.76. The van der Waals surface area contributed by atoms with Crippen molar-refractivity contribution in [2.24, 2.45) is 5.92 Å². The number of nitrogens with one attached hydrogen (secondary N) is 1. The summed E-state index contributed by atoms with van der Waals surface area (Å²) >= 11 is 0. The summed E-state index contributed by atoms with van der Waals surface area (Å²) in [5, 5.41) is 3.33. The lowest BCUT2D eigenvalue weighted by Gasteiger charge is -2.23. The highest BCUT2D eigenvalue weighted by atomic mass is 16.2. The van der Waals surface area contributed by atoms with E-state index in [1.807, 2.05) is 19.0 Å². The second-order valence-corrected chi connectivity index (χ2v) is 6.03. The summed E-state index contributed by atoms with van der Waals surface area (Å²) in [4.78, 5) is 16.4. The first-order chi connectivity index (χ1) is 10.1. The van der Waals surface area contributed by atoms with E-state index in [1.54, 1.807) is 0 Å². The van der Waals surface area contributed by atoms with Gasteiger partial charge in [0.1, 0.15) is 0 Å². The monoisotopic (exact) mass is 289 g/mol. The highest BCUT2D eigenvalue weighted by Crippen LogP contribution is 2.17. The number of amides is 1. The van der Waals surface area contributed by atoms with E-state index in [1.165, 1.54) is 11.3 Å². The van der Waals surface area contributed by atoms with E-state index in [2.05, 4.69) is 41.4 Å². The number of hydrogen-bond donors (Lipinski definition) is 1. The minimum atomic E-state index is 0.280. The average Bonchev–Trinajstić information content (AvgIpc) is 2.98. The molecule has 1 aliphatic heterocycles. The minimum absolute atomic E-state index is 0.280. The van der Waals surface area contributed by atoms with Crippen LogP contribution in [0.15, 0.2) is 24.3 Å². The van der Waals surface area contributed by atoms with Gasteiger partial charge in [-0.1, -0.05) is 12.1 Å². The standard InChI is InChI=1S/C17H27N3O/c1-4-20(17(21)11-15-9-10-18-12-15)13-14-5-7-16(8-6-14)19(2)3/h5-8,15,18H,4,9-13H2,1-3H3. The Bertz CT molecular complexity index is 450. The molecule has 1 heterocycles. The van der Waals surface area contributed by atoms with Crippen LogP contribution in [0.3, 0.4) is 0 Å². The summed E-state index contributed by atoms with van der Waals surface area (Å²) in [7, 11) is 4.07. The molecule has 116 valence electrons. The Morgan fingerprint density at radius 1 is 1.29 bits per heavy atom. The second-order valence-electron chi connectivity index (χ2n) is 6.03. The zero-order chi connectivity index (χ0) is 15.2. The maximum absolute atomic E-state index is 12.4.